The maximum absolute atomic E-state index is 9.67. The lowest BCUT2D eigenvalue weighted by Gasteiger charge is -2.20. The molecule has 0 spiro atoms. The Morgan fingerprint density at radius 1 is 1.33 bits per heavy atom. The highest BCUT2D eigenvalue weighted by Gasteiger charge is 2.22. The summed E-state index contributed by atoms with van der Waals surface area (Å²) >= 11 is 0. The average Bonchev–Trinajstić information content (AvgIpc) is 2.99. The maximum Gasteiger partial charge on any atom is 0.194 e. The molecule has 1 aromatic carbocycles. The molecule has 136 valence electrons. The molecule has 2 N–H and O–H groups in total. The smallest absolute Gasteiger partial charge is 0.194 e. The fraction of sp³-hybridized carbons (Fsp3) is 0.588. The molecule has 1 saturated heterocycles. The predicted molar refractivity (Wildman–Crippen MR) is 106 cm³/mol. The summed E-state index contributed by atoms with van der Waals surface area (Å²) in [6, 6.07) is 7.95. The summed E-state index contributed by atoms with van der Waals surface area (Å²) in [7, 11) is 1.66. The first-order valence-electron chi connectivity index (χ1n) is 8.15. The van der Waals surface area contributed by atoms with Crippen molar-refractivity contribution < 1.29 is 14.6 Å². The Bertz CT molecular complexity index is 496. The van der Waals surface area contributed by atoms with Crippen molar-refractivity contribution in [3.8, 4) is 5.75 Å². The van der Waals surface area contributed by atoms with Crippen molar-refractivity contribution in [2.75, 3.05) is 40.0 Å². The third-order valence-corrected chi connectivity index (χ3v) is 3.69. The predicted octanol–water partition coefficient (Wildman–Crippen LogP) is 1.86. The van der Waals surface area contributed by atoms with Crippen LogP contribution in [0.5, 0.6) is 5.75 Å². The number of β-amino-alcohol motifs (C(OH)–C–C–N with tert-alkyl or cyclic N) is 1. The lowest BCUT2D eigenvalue weighted by Crippen LogP contribution is -2.40. The number of benzene rings is 1. The van der Waals surface area contributed by atoms with Crippen LogP contribution >= 0.6 is 24.0 Å². The second-order valence-electron chi connectivity index (χ2n) is 5.54. The molecule has 24 heavy (non-hydrogen) atoms. The molecule has 1 fully saturated rings. The first-order chi connectivity index (χ1) is 11.2. The normalized spacial score (nSPS) is 17.5. The summed E-state index contributed by atoms with van der Waals surface area (Å²) in [5, 5.41) is 13.0. The van der Waals surface area contributed by atoms with Gasteiger partial charge in [0.15, 0.2) is 5.96 Å². The Labute approximate surface area is 161 Å². The van der Waals surface area contributed by atoms with E-state index in [4.69, 9.17) is 9.47 Å². The molecule has 0 amide bonds. The van der Waals surface area contributed by atoms with E-state index in [9.17, 15) is 5.11 Å². The SMILES string of the molecule is CCNC(=NCc1ccc(OCCOC)cc1)N1CC[C@@H](O)C1.I. The molecule has 0 bridgehead atoms. The zero-order chi connectivity index (χ0) is 16.5. The third-order valence-electron chi connectivity index (χ3n) is 3.69. The second kappa shape index (κ2) is 11.5. The van der Waals surface area contributed by atoms with Crippen molar-refractivity contribution in [1.29, 1.82) is 0 Å². The van der Waals surface area contributed by atoms with Gasteiger partial charge in [-0.25, -0.2) is 4.99 Å². The van der Waals surface area contributed by atoms with Crippen molar-refractivity contribution in [2.45, 2.75) is 26.0 Å². The van der Waals surface area contributed by atoms with E-state index in [-0.39, 0.29) is 30.1 Å². The minimum absolute atomic E-state index is 0. The minimum atomic E-state index is -0.248. The third kappa shape index (κ3) is 6.82. The van der Waals surface area contributed by atoms with Crippen LogP contribution in [0.4, 0.5) is 0 Å². The second-order valence-corrected chi connectivity index (χ2v) is 5.54. The summed E-state index contributed by atoms with van der Waals surface area (Å²) < 4.78 is 10.5. The lowest BCUT2D eigenvalue weighted by atomic mass is 10.2. The number of halogens is 1. The Kier molecular flexibility index (Phi) is 10.0. The van der Waals surface area contributed by atoms with E-state index < -0.39 is 0 Å². The van der Waals surface area contributed by atoms with Crippen LogP contribution in [0.3, 0.4) is 0 Å². The largest absolute Gasteiger partial charge is 0.491 e. The fourth-order valence-electron chi connectivity index (χ4n) is 2.46. The average molecular weight is 449 g/mol. The van der Waals surface area contributed by atoms with E-state index in [0.717, 1.165) is 36.8 Å². The van der Waals surface area contributed by atoms with E-state index in [1.54, 1.807) is 7.11 Å². The summed E-state index contributed by atoms with van der Waals surface area (Å²) in [4.78, 5) is 6.77. The molecule has 1 aromatic rings. The number of rotatable bonds is 7. The standard InChI is InChI=1S/C17H27N3O3.HI/c1-3-18-17(20-9-8-15(21)13-20)19-12-14-4-6-16(7-5-14)23-11-10-22-2;/h4-7,15,21H,3,8-13H2,1-2H3,(H,18,19);1H/t15-;/m1./s1. The Morgan fingerprint density at radius 3 is 2.67 bits per heavy atom. The topological polar surface area (TPSA) is 66.3 Å². The number of nitrogens with zero attached hydrogens (tertiary/aromatic N) is 2. The molecular weight excluding hydrogens is 421 g/mol. The molecule has 7 heteroatoms. The number of hydrogen-bond acceptors (Lipinski definition) is 4. The molecule has 1 atom stereocenters. The number of hydrogen-bond donors (Lipinski definition) is 2. The quantitative estimate of drug-likeness (QED) is 0.288. The molecule has 1 aliphatic rings. The van der Waals surface area contributed by atoms with E-state index in [1.165, 1.54) is 0 Å². The van der Waals surface area contributed by atoms with Gasteiger partial charge in [-0.1, -0.05) is 12.1 Å². The Balaban J connectivity index is 0.00000288. The van der Waals surface area contributed by atoms with Gasteiger partial charge in [0.05, 0.1) is 19.3 Å². The monoisotopic (exact) mass is 449 g/mol. The number of aliphatic hydroxyl groups excluding tert-OH is 1. The van der Waals surface area contributed by atoms with E-state index >= 15 is 0 Å². The summed E-state index contributed by atoms with van der Waals surface area (Å²) in [6.07, 6.45) is 0.556. The van der Waals surface area contributed by atoms with Crippen LogP contribution in [0.2, 0.25) is 0 Å². The molecule has 2 rings (SSSR count). The zero-order valence-electron chi connectivity index (χ0n) is 14.4. The first-order valence-corrected chi connectivity index (χ1v) is 8.15. The van der Waals surface area contributed by atoms with Crippen LogP contribution in [-0.4, -0.2) is 62.0 Å². The lowest BCUT2D eigenvalue weighted by molar-refractivity contribution is 0.146. The van der Waals surface area contributed by atoms with Crippen LogP contribution in [0.15, 0.2) is 29.3 Å². The summed E-state index contributed by atoms with van der Waals surface area (Å²) in [5.41, 5.74) is 1.12. The number of aliphatic imine (C=N–C) groups is 1. The van der Waals surface area contributed by atoms with Crippen LogP contribution in [0, 0.1) is 0 Å². The van der Waals surface area contributed by atoms with Crippen LogP contribution in [0.25, 0.3) is 0 Å². The Hall–Kier alpha value is -1.06. The number of aliphatic hydroxyl groups is 1. The van der Waals surface area contributed by atoms with Gasteiger partial charge < -0.3 is 24.8 Å². The maximum atomic E-state index is 9.67. The minimum Gasteiger partial charge on any atom is -0.491 e. The molecule has 0 aromatic heterocycles. The van der Waals surface area contributed by atoms with E-state index in [2.05, 4.69) is 15.2 Å². The summed E-state index contributed by atoms with van der Waals surface area (Å²) in [6.45, 7) is 6.10. The highest BCUT2D eigenvalue weighted by atomic mass is 127. The van der Waals surface area contributed by atoms with Gasteiger partial charge in [0.25, 0.3) is 0 Å². The first kappa shape index (κ1) is 21.0. The summed E-state index contributed by atoms with van der Waals surface area (Å²) in [5.74, 6) is 1.70. The van der Waals surface area contributed by atoms with E-state index in [1.807, 2.05) is 31.2 Å². The van der Waals surface area contributed by atoms with Gasteiger partial charge in [-0.05, 0) is 31.0 Å². The Morgan fingerprint density at radius 2 is 2.08 bits per heavy atom. The van der Waals surface area contributed by atoms with Crippen molar-refractivity contribution in [2.24, 2.45) is 4.99 Å². The number of ether oxygens (including phenoxy) is 2. The number of likely N-dealkylation sites (tertiary alicyclic amines) is 1. The number of nitrogens with one attached hydrogen (secondary N) is 1. The van der Waals surface area contributed by atoms with Gasteiger partial charge in [-0.15, -0.1) is 24.0 Å². The molecule has 0 aliphatic carbocycles. The van der Waals surface area contributed by atoms with Crippen molar-refractivity contribution in [3.63, 3.8) is 0 Å². The number of methoxy groups -OCH3 is 1. The van der Waals surface area contributed by atoms with Crippen molar-refractivity contribution in [1.82, 2.24) is 10.2 Å². The molecule has 0 saturated carbocycles. The molecular formula is C17H28IN3O3. The molecule has 0 radical (unpaired) electrons. The highest BCUT2D eigenvalue weighted by Crippen LogP contribution is 2.14. The molecule has 0 unspecified atom stereocenters. The van der Waals surface area contributed by atoms with Crippen LogP contribution < -0.4 is 10.1 Å². The van der Waals surface area contributed by atoms with Gasteiger partial charge in [-0.2, -0.15) is 0 Å². The number of guanidine groups is 1. The molecule has 1 heterocycles. The van der Waals surface area contributed by atoms with Gasteiger partial charge in [0.1, 0.15) is 12.4 Å². The van der Waals surface area contributed by atoms with E-state index in [0.29, 0.717) is 26.3 Å². The highest BCUT2D eigenvalue weighted by molar-refractivity contribution is 14.0. The van der Waals surface area contributed by atoms with Gasteiger partial charge in [0, 0.05) is 26.7 Å². The van der Waals surface area contributed by atoms with Gasteiger partial charge in [-0.3, -0.25) is 0 Å². The van der Waals surface area contributed by atoms with Gasteiger partial charge >= 0.3 is 0 Å². The van der Waals surface area contributed by atoms with Crippen LogP contribution in [-0.2, 0) is 11.3 Å². The molecule has 1 aliphatic heterocycles. The zero-order valence-corrected chi connectivity index (χ0v) is 16.7. The molecule has 6 nitrogen and oxygen atoms in total. The van der Waals surface area contributed by atoms with Crippen LogP contribution in [0.1, 0.15) is 18.9 Å². The van der Waals surface area contributed by atoms with Gasteiger partial charge in [0.2, 0.25) is 0 Å². The fourth-order valence-corrected chi connectivity index (χ4v) is 2.46. The van der Waals surface area contributed by atoms with Crippen molar-refractivity contribution in [3.05, 3.63) is 29.8 Å². The van der Waals surface area contributed by atoms with Crippen molar-refractivity contribution >= 4 is 29.9 Å².